The molecular formula is C15H22N2O2. The predicted molar refractivity (Wildman–Crippen MR) is 73.9 cm³/mol. The van der Waals surface area contributed by atoms with Gasteiger partial charge in [0, 0.05) is 31.6 Å². The monoisotopic (exact) mass is 262 g/mol. The second kappa shape index (κ2) is 6.66. The Morgan fingerprint density at radius 3 is 3.11 bits per heavy atom. The molecule has 2 heterocycles. The van der Waals surface area contributed by atoms with Crippen LogP contribution in [0.5, 0.6) is 0 Å². The number of carbonyl (C=O) groups is 1. The molecule has 1 saturated heterocycles. The maximum atomic E-state index is 11.8. The minimum absolute atomic E-state index is 0.101. The average molecular weight is 262 g/mol. The number of pyridine rings is 1. The van der Waals surface area contributed by atoms with E-state index in [1.54, 1.807) is 7.11 Å². The van der Waals surface area contributed by atoms with E-state index < -0.39 is 0 Å². The third-order valence-corrected chi connectivity index (χ3v) is 3.58. The highest BCUT2D eigenvalue weighted by atomic mass is 16.5. The number of hydrogen-bond acceptors (Lipinski definition) is 3. The van der Waals surface area contributed by atoms with Gasteiger partial charge in [-0.15, -0.1) is 0 Å². The highest BCUT2D eigenvalue weighted by Crippen LogP contribution is 2.20. The Morgan fingerprint density at radius 1 is 1.53 bits per heavy atom. The van der Waals surface area contributed by atoms with Crippen molar-refractivity contribution in [2.24, 2.45) is 5.92 Å². The summed E-state index contributed by atoms with van der Waals surface area (Å²) < 4.78 is 4.92. The summed E-state index contributed by atoms with van der Waals surface area (Å²) in [6, 6.07) is 6.13. The van der Waals surface area contributed by atoms with Crippen molar-refractivity contribution in [3.63, 3.8) is 0 Å². The van der Waals surface area contributed by atoms with Gasteiger partial charge < -0.3 is 9.64 Å². The van der Waals surface area contributed by atoms with E-state index in [1.165, 1.54) is 6.42 Å². The fourth-order valence-corrected chi connectivity index (χ4v) is 2.68. The van der Waals surface area contributed by atoms with E-state index in [4.69, 9.17) is 4.74 Å². The van der Waals surface area contributed by atoms with E-state index in [0.29, 0.717) is 5.92 Å². The Kier molecular flexibility index (Phi) is 4.91. The molecule has 4 nitrogen and oxygen atoms in total. The zero-order valence-electron chi connectivity index (χ0n) is 11.8. The van der Waals surface area contributed by atoms with Crippen LogP contribution in [0, 0.1) is 12.8 Å². The van der Waals surface area contributed by atoms with Gasteiger partial charge in [0.1, 0.15) is 6.61 Å². The third-order valence-electron chi connectivity index (χ3n) is 3.58. The van der Waals surface area contributed by atoms with Crippen molar-refractivity contribution < 1.29 is 9.53 Å². The molecule has 1 aromatic heterocycles. The molecule has 0 bridgehead atoms. The number of likely N-dealkylation sites (tertiary alicyclic amines) is 1. The first kappa shape index (κ1) is 14.0. The first-order chi connectivity index (χ1) is 9.19. The quantitative estimate of drug-likeness (QED) is 0.831. The van der Waals surface area contributed by atoms with Crippen LogP contribution in [0.2, 0.25) is 0 Å². The van der Waals surface area contributed by atoms with Crippen molar-refractivity contribution in [2.75, 3.05) is 26.8 Å². The lowest BCUT2D eigenvalue weighted by atomic mass is 9.93. The Labute approximate surface area is 114 Å². The fraction of sp³-hybridized carbons (Fsp3) is 0.600. The maximum Gasteiger partial charge on any atom is 0.248 e. The van der Waals surface area contributed by atoms with Crippen LogP contribution in [0.15, 0.2) is 18.2 Å². The maximum absolute atomic E-state index is 11.8. The van der Waals surface area contributed by atoms with Crippen LogP contribution in [0.1, 0.15) is 24.2 Å². The fourth-order valence-electron chi connectivity index (χ4n) is 2.68. The molecule has 0 N–H and O–H groups in total. The summed E-state index contributed by atoms with van der Waals surface area (Å²) in [6.07, 6.45) is 3.21. The molecule has 0 spiro atoms. The van der Waals surface area contributed by atoms with Gasteiger partial charge in [0.15, 0.2) is 0 Å². The molecule has 1 atom stereocenters. The van der Waals surface area contributed by atoms with Crippen LogP contribution >= 0.6 is 0 Å². The van der Waals surface area contributed by atoms with Crippen LogP contribution in [0.25, 0.3) is 0 Å². The third kappa shape index (κ3) is 4.03. The van der Waals surface area contributed by atoms with E-state index in [0.717, 1.165) is 37.3 Å². The second-order valence-corrected chi connectivity index (χ2v) is 5.26. The average Bonchev–Trinajstić information content (AvgIpc) is 2.39. The summed E-state index contributed by atoms with van der Waals surface area (Å²) in [6.45, 7) is 3.89. The molecular weight excluding hydrogens is 240 g/mol. The van der Waals surface area contributed by atoms with E-state index in [9.17, 15) is 4.79 Å². The lowest BCUT2D eigenvalue weighted by Crippen LogP contribution is -2.42. The number of piperidine rings is 1. The Bertz CT molecular complexity index is 434. The molecule has 104 valence electrons. The van der Waals surface area contributed by atoms with Crippen molar-refractivity contribution in [3.8, 4) is 0 Å². The minimum Gasteiger partial charge on any atom is -0.375 e. The first-order valence-corrected chi connectivity index (χ1v) is 6.88. The van der Waals surface area contributed by atoms with Gasteiger partial charge in [0.25, 0.3) is 0 Å². The Hall–Kier alpha value is -1.42. The summed E-state index contributed by atoms with van der Waals surface area (Å²) in [4.78, 5) is 18.3. The van der Waals surface area contributed by atoms with Gasteiger partial charge in [0.05, 0.1) is 0 Å². The molecule has 1 fully saturated rings. The van der Waals surface area contributed by atoms with E-state index in [1.807, 2.05) is 24.0 Å². The number of ether oxygens (including phenoxy) is 1. The molecule has 0 aliphatic carbocycles. The number of hydrogen-bond donors (Lipinski definition) is 0. The highest BCUT2D eigenvalue weighted by molar-refractivity contribution is 5.77. The van der Waals surface area contributed by atoms with Crippen LogP contribution in [0.3, 0.4) is 0 Å². The summed E-state index contributed by atoms with van der Waals surface area (Å²) in [5.74, 6) is 0.619. The largest absolute Gasteiger partial charge is 0.375 e. The number of amides is 1. The van der Waals surface area contributed by atoms with Crippen molar-refractivity contribution in [3.05, 3.63) is 29.6 Å². The molecule has 2 rings (SSSR count). The molecule has 0 aromatic carbocycles. The van der Waals surface area contributed by atoms with Gasteiger partial charge in [-0.2, -0.15) is 0 Å². The summed E-state index contributed by atoms with van der Waals surface area (Å²) in [5, 5.41) is 0. The highest BCUT2D eigenvalue weighted by Gasteiger charge is 2.23. The molecule has 0 saturated carbocycles. The summed E-state index contributed by atoms with van der Waals surface area (Å²) >= 11 is 0. The summed E-state index contributed by atoms with van der Waals surface area (Å²) in [7, 11) is 1.57. The summed E-state index contributed by atoms with van der Waals surface area (Å²) in [5.41, 5.74) is 2.19. The van der Waals surface area contributed by atoms with Gasteiger partial charge in [-0.3, -0.25) is 9.78 Å². The van der Waals surface area contributed by atoms with Crippen LogP contribution in [0.4, 0.5) is 0 Å². The minimum atomic E-state index is 0.101. The molecule has 1 aliphatic rings. The molecule has 1 aromatic rings. The number of rotatable bonds is 4. The normalized spacial score (nSPS) is 19.5. The number of carbonyl (C=O) groups excluding carboxylic acids is 1. The van der Waals surface area contributed by atoms with Crippen LogP contribution in [-0.2, 0) is 16.0 Å². The zero-order chi connectivity index (χ0) is 13.7. The topological polar surface area (TPSA) is 42.4 Å². The van der Waals surface area contributed by atoms with Crippen LogP contribution < -0.4 is 0 Å². The van der Waals surface area contributed by atoms with Gasteiger partial charge in [-0.25, -0.2) is 0 Å². The molecule has 1 aliphatic heterocycles. The van der Waals surface area contributed by atoms with E-state index >= 15 is 0 Å². The molecule has 19 heavy (non-hydrogen) atoms. The van der Waals surface area contributed by atoms with Gasteiger partial charge in [-0.1, -0.05) is 6.07 Å². The number of methoxy groups -OCH3 is 1. The van der Waals surface area contributed by atoms with Gasteiger partial charge in [0.2, 0.25) is 5.91 Å². The van der Waals surface area contributed by atoms with Crippen molar-refractivity contribution >= 4 is 5.91 Å². The van der Waals surface area contributed by atoms with Gasteiger partial charge in [-0.05, 0) is 44.2 Å². The lowest BCUT2D eigenvalue weighted by Gasteiger charge is -2.32. The number of aromatic nitrogens is 1. The SMILES string of the molecule is COCC(=O)N1CCCC(Cc2cccc(C)n2)C1. The zero-order valence-corrected chi connectivity index (χ0v) is 11.8. The smallest absolute Gasteiger partial charge is 0.248 e. The molecule has 0 radical (unpaired) electrons. The van der Waals surface area contributed by atoms with Gasteiger partial charge >= 0.3 is 0 Å². The number of nitrogens with zero attached hydrogens (tertiary/aromatic N) is 2. The molecule has 1 unspecified atom stereocenters. The molecule has 4 heteroatoms. The van der Waals surface area contributed by atoms with E-state index in [-0.39, 0.29) is 12.5 Å². The predicted octanol–water partition coefficient (Wildman–Crippen LogP) is 1.82. The molecule has 1 amide bonds. The second-order valence-electron chi connectivity index (χ2n) is 5.26. The van der Waals surface area contributed by atoms with Crippen LogP contribution in [-0.4, -0.2) is 42.6 Å². The standard InChI is InChI=1S/C15H22N2O2/c1-12-5-3-7-14(16-12)9-13-6-4-8-17(10-13)15(18)11-19-2/h3,5,7,13H,4,6,8-11H2,1-2H3. The van der Waals surface area contributed by atoms with Crippen molar-refractivity contribution in [2.45, 2.75) is 26.2 Å². The number of aryl methyl sites for hydroxylation is 1. The Morgan fingerprint density at radius 2 is 2.37 bits per heavy atom. The lowest BCUT2D eigenvalue weighted by molar-refractivity contribution is -0.136. The first-order valence-electron chi connectivity index (χ1n) is 6.88. The van der Waals surface area contributed by atoms with E-state index in [2.05, 4.69) is 11.1 Å². The van der Waals surface area contributed by atoms with Crippen molar-refractivity contribution in [1.29, 1.82) is 0 Å². The Balaban J connectivity index is 1.92. The van der Waals surface area contributed by atoms with Crippen molar-refractivity contribution in [1.82, 2.24) is 9.88 Å².